The Labute approximate surface area is 179 Å². The number of benzene rings is 2. The topological polar surface area (TPSA) is 98.6 Å². The molecule has 0 aliphatic heterocycles. The van der Waals surface area contributed by atoms with Crippen molar-refractivity contribution < 1.29 is 23.5 Å². The number of esters is 1. The van der Waals surface area contributed by atoms with Crippen molar-refractivity contribution in [3.63, 3.8) is 0 Å². The van der Waals surface area contributed by atoms with Crippen LogP contribution in [0.2, 0.25) is 0 Å². The average Bonchev–Trinajstić information content (AvgIpc) is 3.36. The summed E-state index contributed by atoms with van der Waals surface area (Å²) in [6.07, 6.45) is 1.22. The minimum absolute atomic E-state index is 0.167. The maximum absolute atomic E-state index is 11.4. The number of hydrogen-bond donors (Lipinski definition) is 1. The van der Waals surface area contributed by atoms with Crippen LogP contribution in [0.3, 0.4) is 0 Å². The Morgan fingerprint density at radius 2 is 1.90 bits per heavy atom. The number of carbonyl (C=O) groups is 1. The molecular weight excluding hydrogens is 396 g/mol. The van der Waals surface area contributed by atoms with Gasteiger partial charge in [-0.05, 0) is 49.6 Å². The Balaban J connectivity index is 1.38. The highest BCUT2D eigenvalue weighted by Crippen LogP contribution is 2.23. The molecule has 4 rings (SSSR count). The van der Waals surface area contributed by atoms with E-state index in [9.17, 15) is 9.90 Å². The molecule has 0 fully saturated rings. The van der Waals surface area contributed by atoms with E-state index in [1.54, 1.807) is 6.07 Å². The van der Waals surface area contributed by atoms with E-state index in [0.29, 0.717) is 29.3 Å². The maximum Gasteiger partial charge on any atom is 0.335 e. The third-order valence-corrected chi connectivity index (χ3v) is 5.12. The molecule has 0 unspecified atom stereocenters. The first-order valence-corrected chi connectivity index (χ1v) is 10.2. The normalized spacial score (nSPS) is 12.2. The number of ether oxygens (including phenoxy) is 1. The van der Waals surface area contributed by atoms with Crippen LogP contribution in [0.4, 0.5) is 0 Å². The zero-order chi connectivity index (χ0) is 21.8. The fraction of sp³-hybridized carbons (Fsp3) is 0.292. The second-order valence-corrected chi connectivity index (χ2v) is 7.39. The van der Waals surface area contributed by atoms with Crippen LogP contribution in [0.25, 0.3) is 22.6 Å². The second-order valence-electron chi connectivity index (χ2n) is 7.39. The summed E-state index contributed by atoms with van der Waals surface area (Å²) >= 11 is 0. The van der Waals surface area contributed by atoms with Crippen molar-refractivity contribution in [2.75, 3.05) is 7.11 Å². The largest absolute Gasteiger partial charge is 0.467 e. The predicted octanol–water partition coefficient (Wildman–Crippen LogP) is 4.04. The second kappa shape index (κ2) is 9.14. The Morgan fingerprint density at radius 3 is 2.68 bits per heavy atom. The van der Waals surface area contributed by atoms with Gasteiger partial charge < -0.3 is 18.7 Å². The quantitative estimate of drug-likeness (QED) is 0.430. The maximum atomic E-state index is 11.4. The van der Waals surface area contributed by atoms with Gasteiger partial charge in [-0.15, -0.1) is 0 Å². The van der Waals surface area contributed by atoms with E-state index < -0.39 is 12.1 Å². The van der Waals surface area contributed by atoms with Crippen molar-refractivity contribution in [3.8, 4) is 11.5 Å². The molecule has 0 radical (unpaired) electrons. The lowest BCUT2D eigenvalue weighted by Crippen LogP contribution is -2.24. The molecule has 1 atom stereocenters. The number of fused-ring (bicyclic) bond motifs is 1. The molecule has 0 saturated carbocycles. The highest BCUT2D eigenvalue weighted by atomic mass is 16.5. The molecule has 7 nitrogen and oxygen atoms in total. The van der Waals surface area contributed by atoms with E-state index >= 15 is 0 Å². The van der Waals surface area contributed by atoms with E-state index in [1.807, 2.05) is 49.4 Å². The number of nitrogens with zero attached hydrogens (tertiary/aromatic N) is 2. The summed E-state index contributed by atoms with van der Waals surface area (Å²) in [4.78, 5) is 20.6. The number of aromatic nitrogens is 2. The molecule has 0 bridgehead atoms. The molecule has 0 aliphatic rings. The first-order valence-electron chi connectivity index (χ1n) is 10.2. The van der Waals surface area contributed by atoms with Crippen LogP contribution in [-0.4, -0.2) is 34.3 Å². The van der Waals surface area contributed by atoms with Crippen molar-refractivity contribution in [1.82, 2.24) is 9.97 Å². The van der Waals surface area contributed by atoms with E-state index in [4.69, 9.17) is 8.83 Å². The van der Waals surface area contributed by atoms with Gasteiger partial charge in [0.1, 0.15) is 11.3 Å². The predicted molar refractivity (Wildman–Crippen MR) is 114 cm³/mol. The van der Waals surface area contributed by atoms with Crippen LogP contribution in [0.1, 0.15) is 29.3 Å². The van der Waals surface area contributed by atoms with Crippen LogP contribution < -0.4 is 0 Å². The van der Waals surface area contributed by atoms with Gasteiger partial charge in [0.2, 0.25) is 5.89 Å². The summed E-state index contributed by atoms with van der Waals surface area (Å²) in [7, 11) is 1.25. The molecule has 0 aliphatic carbocycles. The fourth-order valence-corrected chi connectivity index (χ4v) is 3.47. The molecule has 2 aromatic heterocycles. The Morgan fingerprint density at radius 1 is 1.10 bits per heavy atom. The summed E-state index contributed by atoms with van der Waals surface area (Å²) < 4.78 is 16.2. The van der Waals surface area contributed by atoms with E-state index in [1.165, 1.54) is 7.11 Å². The molecular formula is C24H24N2O5. The first-order chi connectivity index (χ1) is 15.0. The lowest BCUT2D eigenvalue weighted by Gasteiger charge is -2.07. The monoisotopic (exact) mass is 420 g/mol. The Bertz CT molecular complexity index is 1180. The molecule has 0 amide bonds. The molecule has 7 heteroatoms. The molecule has 2 heterocycles. The Hall–Kier alpha value is -3.45. The van der Waals surface area contributed by atoms with Gasteiger partial charge >= 0.3 is 5.97 Å². The number of aliphatic hydroxyl groups excluding tert-OH is 1. The Kier molecular flexibility index (Phi) is 6.13. The average molecular weight is 420 g/mol. The van der Waals surface area contributed by atoms with Crippen LogP contribution in [0.15, 0.2) is 57.4 Å². The van der Waals surface area contributed by atoms with E-state index in [-0.39, 0.29) is 6.42 Å². The summed E-state index contributed by atoms with van der Waals surface area (Å²) in [6.45, 7) is 1.93. The fourth-order valence-electron chi connectivity index (χ4n) is 3.47. The lowest BCUT2D eigenvalue weighted by atomic mass is 10.1. The number of carbonyl (C=O) groups excluding carboxylic acids is 1. The standard InChI is InChI=1S/C24H24N2O5/c1-15-18(26-23(30-15)17-7-4-3-5-8-17)9-6-10-22-25-19-13-16(11-12-21(19)31-22)14-20(27)24(28)29-2/h3-5,7-8,11-13,20,27H,6,9-10,14H2,1-2H3/t20-/m1/s1. The van der Waals surface area contributed by atoms with Crippen LogP contribution >= 0.6 is 0 Å². The number of methoxy groups -OCH3 is 1. The van der Waals surface area contributed by atoms with Crippen LogP contribution in [0, 0.1) is 6.92 Å². The van der Waals surface area contributed by atoms with Crippen molar-refractivity contribution in [3.05, 3.63) is 71.4 Å². The van der Waals surface area contributed by atoms with Crippen LogP contribution in [-0.2, 0) is 28.8 Å². The smallest absolute Gasteiger partial charge is 0.335 e. The van der Waals surface area contributed by atoms with Crippen molar-refractivity contribution in [2.45, 2.75) is 38.7 Å². The molecule has 0 spiro atoms. The third-order valence-electron chi connectivity index (χ3n) is 5.12. The van der Waals surface area contributed by atoms with Gasteiger partial charge in [0.25, 0.3) is 0 Å². The summed E-state index contributed by atoms with van der Waals surface area (Å²) in [5.74, 6) is 1.45. The highest BCUT2D eigenvalue weighted by Gasteiger charge is 2.17. The number of rotatable bonds is 8. The van der Waals surface area contributed by atoms with Crippen molar-refractivity contribution >= 4 is 17.1 Å². The SMILES string of the molecule is COC(=O)[C@H](O)Cc1ccc2oc(CCCc3nc(-c4ccccc4)oc3C)nc2c1. The molecule has 0 saturated heterocycles. The number of hydrogen-bond acceptors (Lipinski definition) is 7. The molecule has 4 aromatic rings. The van der Waals surface area contributed by atoms with Gasteiger partial charge in [-0.1, -0.05) is 24.3 Å². The number of oxazole rings is 2. The summed E-state index contributed by atoms with van der Waals surface area (Å²) in [5, 5.41) is 9.84. The molecule has 160 valence electrons. The molecule has 2 aromatic carbocycles. The minimum Gasteiger partial charge on any atom is -0.467 e. The number of aliphatic hydroxyl groups is 1. The van der Waals surface area contributed by atoms with Gasteiger partial charge in [0.05, 0.1) is 12.8 Å². The lowest BCUT2D eigenvalue weighted by molar-refractivity contribution is -0.150. The van der Waals surface area contributed by atoms with Crippen LogP contribution in [0.5, 0.6) is 0 Å². The minimum atomic E-state index is -1.19. The van der Waals surface area contributed by atoms with Crippen molar-refractivity contribution in [1.29, 1.82) is 0 Å². The molecule has 31 heavy (non-hydrogen) atoms. The van der Waals surface area contributed by atoms with E-state index in [2.05, 4.69) is 14.7 Å². The highest BCUT2D eigenvalue weighted by molar-refractivity contribution is 5.76. The zero-order valence-electron chi connectivity index (χ0n) is 17.5. The van der Waals surface area contributed by atoms with E-state index in [0.717, 1.165) is 35.4 Å². The van der Waals surface area contributed by atoms with Crippen molar-refractivity contribution in [2.24, 2.45) is 0 Å². The van der Waals surface area contributed by atoms with Gasteiger partial charge in [0.15, 0.2) is 17.6 Å². The zero-order valence-corrected chi connectivity index (χ0v) is 17.5. The first kappa shape index (κ1) is 20.8. The van der Waals surface area contributed by atoms with Gasteiger partial charge in [-0.2, -0.15) is 0 Å². The van der Waals surface area contributed by atoms with Gasteiger partial charge in [-0.3, -0.25) is 0 Å². The molecule has 1 N–H and O–H groups in total. The van der Waals surface area contributed by atoms with Gasteiger partial charge in [0, 0.05) is 18.4 Å². The third kappa shape index (κ3) is 4.83. The summed E-state index contributed by atoms with van der Waals surface area (Å²) in [6, 6.07) is 15.3. The number of aryl methyl sites for hydroxylation is 3. The van der Waals surface area contributed by atoms with Gasteiger partial charge in [-0.25, -0.2) is 14.8 Å². The summed E-state index contributed by atoms with van der Waals surface area (Å²) in [5.41, 5.74) is 4.07.